The van der Waals surface area contributed by atoms with Crippen molar-refractivity contribution >= 4 is 21.9 Å². The lowest BCUT2D eigenvalue weighted by Crippen LogP contribution is -2.26. The summed E-state index contributed by atoms with van der Waals surface area (Å²) < 4.78 is 7.34. The van der Waals surface area contributed by atoms with Crippen molar-refractivity contribution in [3.63, 3.8) is 0 Å². The van der Waals surface area contributed by atoms with E-state index in [4.69, 9.17) is 0 Å². The highest BCUT2D eigenvalue weighted by Crippen LogP contribution is 2.26. The van der Waals surface area contributed by atoms with E-state index in [1.54, 1.807) is 16.8 Å². The van der Waals surface area contributed by atoms with Gasteiger partial charge in [0.15, 0.2) is 0 Å². The maximum atomic E-state index is 12.1. The van der Waals surface area contributed by atoms with Gasteiger partial charge in [-0.15, -0.1) is 0 Å². The zero-order valence-corrected chi connectivity index (χ0v) is 14.9. The summed E-state index contributed by atoms with van der Waals surface area (Å²) in [4.78, 5) is 23.6. The molecule has 0 unspecified atom stereocenters. The Bertz CT molecular complexity index is 629. The number of carbonyl (C=O) groups excluding carboxylic acids is 1. The van der Waals surface area contributed by atoms with E-state index < -0.39 is 5.97 Å². The fourth-order valence-electron chi connectivity index (χ4n) is 2.12. The quantitative estimate of drug-likeness (QED) is 0.754. The normalized spacial score (nSPS) is 13.5. The van der Waals surface area contributed by atoms with Crippen LogP contribution in [0, 0.1) is 0 Å². The van der Waals surface area contributed by atoms with E-state index in [9.17, 15) is 9.59 Å². The smallest absolute Gasteiger partial charge is 0.343 e. The zero-order valence-electron chi connectivity index (χ0n) is 13.3. The first-order valence-electron chi connectivity index (χ1n) is 7.45. The van der Waals surface area contributed by atoms with Crippen LogP contribution in [0.2, 0.25) is 0 Å². The molecule has 0 aliphatic heterocycles. The fourth-order valence-corrected chi connectivity index (χ4v) is 2.68. The van der Waals surface area contributed by atoms with Gasteiger partial charge in [0.25, 0.3) is 5.56 Å². The lowest BCUT2D eigenvalue weighted by atomic mass is 10.0. The van der Waals surface area contributed by atoms with Gasteiger partial charge in [0.2, 0.25) is 0 Å². The number of carbonyl (C=O) groups is 1. The molecule has 0 spiro atoms. The van der Waals surface area contributed by atoms with Gasteiger partial charge in [0, 0.05) is 12.7 Å². The van der Waals surface area contributed by atoms with Crippen LogP contribution >= 0.6 is 15.9 Å². The molecule has 0 bridgehead atoms. The molecule has 1 aliphatic rings. The predicted molar refractivity (Wildman–Crippen MR) is 92.3 cm³/mol. The van der Waals surface area contributed by atoms with Crippen LogP contribution in [0.3, 0.4) is 0 Å². The van der Waals surface area contributed by atoms with Crippen molar-refractivity contribution in [3.05, 3.63) is 56.5 Å². The summed E-state index contributed by atoms with van der Waals surface area (Å²) in [6.07, 6.45) is 8.71. The highest BCUT2D eigenvalue weighted by atomic mass is 79.9. The van der Waals surface area contributed by atoms with Crippen LogP contribution in [-0.2, 0) is 11.3 Å². The van der Waals surface area contributed by atoms with Gasteiger partial charge < -0.3 is 9.30 Å². The second kappa shape index (κ2) is 9.41. The van der Waals surface area contributed by atoms with E-state index in [1.807, 2.05) is 13.8 Å². The lowest BCUT2D eigenvalue weighted by Gasteiger charge is -2.12. The Morgan fingerprint density at radius 3 is 2.77 bits per heavy atom. The lowest BCUT2D eigenvalue weighted by molar-refractivity contribution is 0.0598. The van der Waals surface area contributed by atoms with Gasteiger partial charge in [0.1, 0.15) is 5.56 Å². The Labute approximate surface area is 139 Å². The number of nitrogens with zero attached hydrogens (tertiary/aromatic N) is 1. The van der Waals surface area contributed by atoms with Crippen LogP contribution in [0.1, 0.15) is 43.5 Å². The number of allylic oxidation sites excluding steroid dienone is 4. The van der Waals surface area contributed by atoms with Crippen molar-refractivity contribution in [3.8, 4) is 0 Å². The Kier molecular flexibility index (Phi) is 7.88. The first kappa shape index (κ1) is 18.4. The summed E-state index contributed by atoms with van der Waals surface area (Å²) in [6.45, 7) is 4.54. The minimum Gasteiger partial charge on any atom is -0.465 e. The zero-order chi connectivity index (χ0) is 16.5. The molecule has 0 N–H and O–H groups in total. The van der Waals surface area contributed by atoms with E-state index in [0.29, 0.717) is 6.54 Å². The molecule has 0 atom stereocenters. The van der Waals surface area contributed by atoms with Crippen molar-refractivity contribution in [1.82, 2.24) is 4.57 Å². The van der Waals surface area contributed by atoms with Crippen LogP contribution in [0.15, 0.2) is 45.3 Å². The topological polar surface area (TPSA) is 48.3 Å². The van der Waals surface area contributed by atoms with Crippen molar-refractivity contribution in [2.24, 2.45) is 0 Å². The Morgan fingerprint density at radius 2 is 2.14 bits per heavy atom. The fraction of sp³-hybridized carbons (Fsp3) is 0.412. The Morgan fingerprint density at radius 1 is 1.41 bits per heavy atom. The predicted octanol–water partition coefficient (Wildman–Crippen LogP) is 4.05. The summed E-state index contributed by atoms with van der Waals surface area (Å²) in [5.41, 5.74) is 0.963. The van der Waals surface area contributed by atoms with E-state index in [0.717, 1.165) is 19.3 Å². The summed E-state index contributed by atoms with van der Waals surface area (Å²) in [7, 11) is 1.27. The molecule has 5 heteroatoms. The van der Waals surface area contributed by atoms with Gasteiger partial charge in [-0.3, -0.25) is 4.79 Å². The van der Waals surface area contributed by atoms with Gasteiger partial charge in [-0.1, -0.05) is 41.9 Å². The van der Waals surface area contributed by atoms with Crippen LogP contribution < -0.4 is 5.56 Å². The van der Waals surface area contributed by atoms with Crippen molar-refractivity contribution in [1.29, 1.82) is 0 Å². The van der Waals surface area contributed by atoms with Crippen LogP contribution in [0.25, 0.3) is 0 Å². The van der Waals surface area contributed by atoms with Gasteiger partial charge in [0.05, 0.1) is 7.11 Å². The minimum absolute atomic E-state index is 0.0715. The van der Waals surface area contributed by atoms with Crippen LogP contribution in [-0.4, -0.2) is 17.6 Å². The molecular formula is C17H22BrNO3. The number of esters is 1. The van der Waals surface area contributed by atoms with Crippen molar-refractivity contribution < 1.29 is 9.53 Å². The molecule has 0 saturated carbocycles. The number of pyridine rings is 1. The molecule has 0 amide bonds. The second-order valence-corrected chi connectivity index (χ2v) is 5.49. The first-order valence-corrected chi connectivity index (χ1v) is 8.24. The summed E-state index contributed by atoms with van der Waals surface area (Å²) in [5, 5.41) is 0. The van der Waals surface area contributed by atoms with E-state index >= 15 is 0 Å². The summed E-state index contributed by atoms with van der Waals surface area (Å²) in [6, 6.07) is 3.17. The van der Waals surface area contributed by atoms with E-state index in [2.05, 4.69) is 32.8 Å². The Hall–Kier alpha value is -1.62. The number of aromatic nitrogens is 1. The molecule has 22 heavy (non-hydrogen) atoms. The average Bonchev–Trinajstić information content (AvgIpc) is 2.56. The monoisotopic (exact) mass is 367 g/mol. The maximum absolute atomic E-state index is 12.1. The Balaban J connectivity index is 0.00000116. The van der Waals surface area contributed by atoms with Gasteiger partial charge >= 0.3 is 5.97 Å². The molecule has 0 aromatic carbocycles. The van der Waals surface area contributed by atoms with Gasteiger partial charge in [-0.05, 0) is 41.5 Å². The SMILES string of the molecule is CC.COC(=O)c1cccn(CCC2=C(Br)CCC=C2)c1=O. The molecule has 2 rings (SSSR count). The van der Waals surface area contributed by atoms with Crippen LogP contribution in [0.5, 0.6) is 0 Å². The number of halogens is 1. The minimum atomic E-state index is -0.595. The highest BCUT2D eigenvalue weighted by molar-refractivity contribution is 9.11. The molecule has 0 fully saturated rings. The number of ether oxygens (including phenoxy) is 1. The molecule has 1 aromatic heterocycles. The molecule has 0 saturated heterocycles. The van der Waals surface area contributed by atoms with Crippen LogP contribution in [0.4, 0.5) is 0 Å². The standard InChI is InChI=1S/C15H16BrNO3.C2H6/c1-20-15(19)12-6-4-9-17(14(12)18)10-8-11-5-2-3-7-13(11)16;1-2/h2,4-6,9H,3,7-8,10H2,1H3;1-2H3. The van der Waals surface area contributed by atoms with Gasteiger partial charge in [-0.25, -0.2) is 4.79 Å². The third-order valence-electron chi connectivity index (χ3n) is 3.25. The van der Waals surface area contributed by atoms with Gasteiger partial charge in [-0.2, -0.15) is 0 Å². The highest BCUT2D eigenvalue weighted by Gasteiger charge is 2.12. The maximum Gasteiger partial charge on any atom is 0.343 e. The molecular weight excluding hydrogens is 346 g/mol. The number of rotatable bonds is 4. The van der Waals surface area contributed by atoms with E-state index in [-0.39, 0.29) is 11.1 Å². The van der Waals surface area contributed by atoms with Crippen molar-refractivity contribution in [2.45, 2.75) is 39.7 Å². The number of hydrogen-bond acceptors (Lipinski definition) is 3. The summed E-state index contributed by atoms with van der Waals surface area (Å²) in [5.74, 6) is -0.595. The largest absolute Gasteiger partial charge is 0.465 e. The molecule has 4 nitrogen and oxygen atoms in total. The average molecular weight is 368 g/mol. The molecule has 0 radical (unpaired) electrons. The van der Waals surface area contributed by atoms with Crippen molar-refractivity contribution in [2.75, 3.05) is 7.11 Å². The number of hydrogen-bond donors (Lipinski definition) is 0. The molecule has 1 heterocycles. The second-order valence-electron chi connectivity index (χ2n) is 4.53. The summed E-state index contributed by atoms with van der Waals surface area (Å²) >= 11 is 3.56. The van der Waals surface area contributed by atoms with E-state index in [1.165, 1.54) is 23.2 Å². The first-order chi connectivity index (χ1) is 10.6. The number of methoxy groups -OCH3 is 1. The molecule has 120 valence electrons. The third kappa shape index (κ3) is 4.70. The molecule has 1 aromatic rings. The third-order valence-corrected chi connectivity index (χ3v) is 4.15. The molecule has 1 aliphatic carbocycles. The number of aryl methyl sites for hydroxylation is 1.